The number of anilines is 1. The number of hydrogen-bond acceptors (Lipinski definition) is 4. The molecule has 1 aromatic carbocycles. The maximum atomic E-state index is 12.1. The monoisotopic (exact) mass is 360 g/mol. The summed E-state index contributed by atoms with van der Waals surface area (Å²) < 4.78 is 0. The number of aromatic nitrogens is 1. The van der Waals surface area contributed by atoms with E-state index in [0.717, 1.165) is 23.2 Å². The van der Waals surface area contributed by atoms with Crippen LogP contribution in [-0.4, -0.2) is 15.9 Å². The maximum Gasteiger partial charge on any atom is 0.275 e. The first-order chi connectivity index (χ1) is 11.5. The largest absolute Gasteiger partial charge is 0.355 e. The topological polar surface area (TPSA) is 74.2 Å². The molecule has 1 amide bonds. The Morgan fingerprint density at radius 3 is 2.92 bits per heavy atom. The number of rotatable bonds is 4. The fourth-order valence-electron chi connectivity index (χ4n) is 2.82. The van der Waals surface area contributed by atoms with Gasteiger partial charge in [0, 0.05) is 17.3 Å². The van der Waals surface area contributed by atoms with Gasteiger partial charge in [0.15, 0.2) is 5.82 Å². The minimum absolute atomic E-state index is 0.108. The molecule has 0 radical (unpaired) electrons. The minimum atomic E-state index is -0.222. The molecular weight excluding hydrogens is 344 g/mol. The Bertz CT molecular complexity index is 841. The van der Waals surface area contributed by atoms with Crippen LogP contribution in [0.4, 0.5) is 5.69 Å². The minimum Gasteiger partial charge on any atom is -0.355 e. The molecule has 1 aliphatic rings. The van der Waals surface area contributed by atoms with E-state index in [1.54, 1.807) is 6.20 Å². The van der Waals surface area contributed by atoms with Gasteiger partial charge >= 0.3 is 0 Å². The van der Waals surface area contributed by atoms with Gasteiger partial charge in [0.2, 0.25) is 0 Å². The number of nitrogens with zero attached hydrogens (tertiary/aromatic N) is 1. The van der Waals surface area contributed by atoms with E-state index in [1.165, 1.54) is 0 Å². The highest BCUT2D eigenvalue weighted by Crippen LogP contribution is 2.31. The van der Waals surface area contributed by atoms with Crippen molar-refractivity contribution in [1.29, 1.82) is 0 Å². The van der Waals surface area contributed by atoms with E-state index in [2.05, 4.69) is 15.3 Å². The second kappa shape index (κ2) is 6.79. The summed E-state index contributed by atoms with van der Waals surface area (Å²) in [6.45, 7) is 2.54. The van der Waals surface area contributed by atoms with Crippen molar-refractivity contribution >= 4 is 40.4 Å². The Balaban J connectivity index is 2.03. The second-order valence-electron chi connectivity index (χ2n) is 5.59. The third kappa shape index (κ3) is 2.97. The lowest BCUT2D eigenvalue weighted by atomic mass is 9.98. The highest BCUT2D eigenvalue weighted by atomic mass is 35.5. The van der Waals surface area contributed by atoms with Crippen LogP contribution in [0.3, 0.4) is 0 Å². The number of hydrogen-bond donors (Lipinski definition) is 3. The highest BCUT2D eigenvalue weighted by Gasteiger charge is 2.28. The number of nitrogens with one attached hydrogen (secondary N) is 2. The summed E-state index contributed by atoms with van der Waals surface area (Å²) in [4.78, 5) is 16.9. The van der Waals surface area contributed by atoms with E-state index in [0.29, 0.717) is 23.1 Å². The van der Waals surface area contributed by atoms with Crippen LogP contribution < -0.4 is 16.0 Å². The van der Waals surface area contributed by atoms with E-state index in [9.17, 15) is 4.79 Å². The normalized spacial score (nSPS) is 14.9. The summed E-state index contributed by atoms with van der Waals surface area (Å²) in [5, 5.41) is 6.04. The Kier molecular flexibility index (Phi) is 4.73. The van der Waals surface area contributed by atoms with Gasteiger partial charge in [-0.25, -0.2) is 0 Å². The van der Waals surface area contributed by atoms with Crippen LogP contribution in [0, 0.1) is 0 Å². The zero-order valence-electron chi connectivity index (χ0n) is 13.1. The average molecular weight is 361 g/mol. The molecule has 3 rings (SSSR count). The molecule has 1 atom stereocenters. The molecule has 0 bridgehead atoms. The van der Waals surface area contributed by atoms with Crippen molar-refractivity contribution < 1.29 is 4.79 Å². The van der Waals surface area contributed by atoms with Crippen molar-refractivity contribution in [3.05, 3.63) is 58.1 Å². The maximum absolute atomic E-state index is 12.1. The number of thiocarbonyl (C=S) groups is 1. The predicted octanol–water partition coefficient (Wildman–Crippen LogP) is 3.27. The summed E-state index contributed by atoms with van der Waals surface area (Å²) in [5.41, 5.74) is 9.51. The van der Waals surface area contributed by atoms with Crippen LogP contribution in [0.2, 0.25) is 5.02 Å². The molecular formula is C17H17ClN4OS. The van der Waals surface area contributed by atoms with Gasteiger partial charge < -0.3 is 15.6 Å². The van der Waals surface area contributed by atoms with Crippen LogP contribution in [0.25, 0.3) is 0 Å². The molecule has 0 saturated carbocycles. The van der Waals surface area contributed by atoms with E-state index < -0.39 is 0 Å². The first kappa shape index (κ1) is 16.7. The molecule has 0 fully saturated rings. The Hall–Kier alpha value is -2.11. The molecule has 2 heterocycles. The lowest BCUT2D eigenvalue weighted by Crippen LogP contribution is -2.41. The SMILES string of the molecule is CC[C@@H](N)c1cc(Cl)ccc1CN1C(=C=S)NC(=O)c2[nH]ccc21. The number of amides is 1. The van der Waals surface area contributed by atoms with Gasteiger partial charge in [-0.3, -0.25) is 10.1 Å². The summed E-state index contributed by atoms with van der Waals surface area (Å²) in [6, 6.07) is 7.42. The average Bonchev–Trinajstić information content (AvgIpc) is 3.08. The summed E-state index contributed by atoms with van der Waals surface area (Å²) in [7, 11) is 0. The molecule has 1 aliphatic heterocycles. The molecule has 124 valence electrons. The van der Waals surface area contributed by atoms with Crippen molar-refractivity contribution in [2.24, 2.45) is 5.73 Å². The van der Waals surface area contributed by atoms with E-state index in [4.69, 9.17) is 29.6 Å². The molecule has 5 nitrogen and oxygen atoms in total. The zero-order valence-corrected chi connectivity index (χ0v) is 14.7. The highest BCUT2D eigenvalue weighted by molar-refractivity contribution is 7.78. The number of H-pyrrole nitrogens is 1. The number of carbonyl (C=O) groups is 1. The molecule has 7 heteroatoms. The molecule has 4 N–H and O–H groups in total. The Morgan fingerprint density at radius 2 is 2.21 bits per heavy atom. The third-order valence-corrected chi connectivity index (χ3v) is 4.55. The van der Waals surface area contributed by atoms with Crippen LogP contribution in [-0.2, 0) is 6.54 Å². The van der Waals surface area contributed by atoms with Gasteiger partial charge in [-0.05, 0) is 53.0 Å². The molecule has 1 aromatic heterocycles. The first-order valence-corrected chi connectivity index (χ1v) is 8.39. The molecule has 0 saturated heterocycles. The van der Waals surface area contributed by atoms with Crippen molar-refractivity contribution in [2.45, 2.75) is 25.9 Å². The van der Waals surface area contributed by atoms with E-state index in [-0.39, 0.29) is 11.9 Å². The fraction of sp³-hybridized carbons (Fsp3) is 0.235. The predicted molar refractivity (Wildman–Crippen MR) is 99.2 cm³/mol. The lowest BCUT2D eigenvalue weighted by molar-refractivity contribution is 0.0957. The van der Waals surface area contributed by atoms with Crippen molar-refractivity contribution in [3.63, 3.8) is 0 Å². The van der Waals surface area contributed by atoms with E-state index >= 15 is 0 Å². The number of aromatic amines is 1. The molecule has 0 spiro atoms. The third-order valence-electron chi connectivity index (χ3n) is 4.12. The van der Waals surface area contributed by atoms with Gasteiger partial charge in [-0.15, -0.1) is 0 Å². The molecule has 0 aliphatic carbocycles. The van der Waals surface area contributed by atoms with Gasteiger partial charge in [0.25, 0.3) is 5.91 Å². The second-order valence-corrected chi connectivity index (χ2v) is 6.23. The van der Waals surface area contributed by atoms with Gasteiger partial charge in [0.1, 0.15) is 5.69 Å². The van der Waals surface area contributed by atoms with Crippen LogP contribution in [0.1, 0.15) is 41.0 Å². The first-order valence-electron chi connectivity index (χ1n) is 7.60. The number of halogens is 1. The number of nitrogens with two attached hydrogens (primary N) is 1. The van der Waals surface area contributed by atoms with Crippen LogP contribution >= 0.6 is 23.8 Å². The standard InChI is InChI=1S/C17H17ClN4OS/c1-2-13(19)12-7-11(18)4-3-10(12)8-22-14-5-6-20-16(14)17(23)21-15(22)9-24/h3-7,13,20H,2,8,19H2,1H3,(H,21,23)/t13-/m1/s1. The molecule has 0 unspecified atom stereocenters. The van der Waals surface area contributed by atoms with Gasteiger partial charge in [-0.1, -0.05) is 24.6 Å². The number of fused-ring (bicyclic) bond motifs is 1. The Labute approximate surface area is 150 Å². The zero-order chi connectivity index (χ0) is 17.3. The lowest BCUT2D eigenvalue weighted by Gasteiger charge is -2.31. The van der Waals surface area contributed by atoms with Gasteiger partial charge in [0.05, 0.1) is 12.2 Å². The number of carbonyl (C=O) groups excluding carboxylic acids is 1. The van der Waals surface area contributed by atoms with Crippen LogP contribution in [0.5, 0.6) is 0 Å². The van der Waals surface area contributed by atoms with Gasteiger partial charge in [-0.2, -0.15) is 0 Å². The molecule has 2 aromatic rings. The quantitative estimate of drug-likeness (QED) is 0.731. The van der Waals surface area contributed by atoms with Crippen molar-refractivity contribution in [3.8, 4) is 0 Å². The number of benzene rings is 1. The summed E-state index contributed by atoms with van der Waals surface area (Å²) >= 11 is 11.1. The van der Waals surface area contributed by atoms with Crippen LogP contribution in [0.15, 0.2) is 36.3 Å². The summed E-state index contributed by atoms with van der Waals surface area (Å²) in [5.74, 6) is 0.230. The smallest absolute Gasteiger partial charge is 0.275 e. The summed E-state index contributed by atoms with van der Waals surface area (Å²) in [6.07, 6.45) is 2.53. The van der Waals surface area contributed by atoms with Crippen molar-refractivity contribution in [1.82, 2.24) is 10.3 Å². The molecule has 24 heavy (non-hydrogen) atoms. The van der Waals surface area contributed by atoms with E-state index in [1.807, 2.05) is 36.1 Å². The Morgan fingerprint density at radius 1 is 1.42 bits per heavy atom. The van der Waals surface area contributed by atoms with Crippen molar-refractivity contribution in [2.75, 3.05) is 4.90 Å². The fourth-order valence-corrected chi connectivity index (χ4v) is 3.16.